The summed E-state index contributed by atoms with van der Waals surface area (Å²) in [6, 6.07) is -1.68. The van der Waals surface area contributed by atoms with E-state index in [2.05, 4.69) is 10.6 Å². The number of hydrogen-bond acceptors (Lipinski definition) is 9. The maximum absolute atomic E-state index is 12.2. The van der Waals surface area contributed by atoms with Crippen LogP contribution in [0.3, 0.4) is 0 Å². The van der Waals surface area contributed by atoms with Gasteiger partial charge >= 0.3 is 5.97 Å². The second kappa shape index (κ2) is 22.8. The number of nitrogens with zero attached hydrogens (tertiary/aromatic N) is 2. The average Bonchev–Trinajstić information content (AvgIpc) is 2.94. The normalized spacial score (nSPS) is 22.7. The molecule has 1 saturated heterocycles. The Hall–Kier alpha value is -2.70. The minimum Gasteiger partial charge on any atom is -0.480 e. The molecule has 0 aromatic rings. The van der Waals surface area contributed by atoms with Crippen LogP contribution in [0.5, 0.6) is 0 Å². The molecule has 12 nitrogen and oxygen atoms in total. The Labute approximate surface area is 265 Å². The van der Waals surface area contributed by atoms with Crippen LogP contribution in [0, 0.1) is 11.8 Å². The number of ketones is 3. The molecule has 1 rings (SSSR count). The summed E-state index contributed by atoms with van der Waals surface area (Å²) in [6.07, 6.45) is 5.23. The number of carboxylic acids is 1. The molecule has 0 aromatic carbocycles. The SMILES string of the molecule is C.CC(N)C(=O)CC(C)C(=O)NCCCCN(C)C(C)C(=O)O.CC1CC(=O)C(C)N(C)CCCCCC(=O)C(C)NC1=O. The third-order valence-electron chi connectivity index (χ3n) is 8.08. The van der Waals surface area contributed by atoms with E-state index in [1.807, 2.05) is 18.9 Å². The van der Waals surface area contributed by atoms with Gasteiger partial charge in [0.1, 0.15) is 17.6 Å². The molecule has 6 atom stereocenters. The van der Waals surface area contributed by atoms with Gasteiger partial charge in [-0.1, -0.05) is 27.7 Å². The first-order chi connectivity index (χ1) is 20.0. The number of unbranched alkanes of at least 4 members (excludes halogenated alkanes) is 1. The van der Waals surface area contributed by atoms with Gasteiger partial charge in [-0.25, -0.2) is 0 Å². The number of hydrogen-bond donors (Lipinski definition) is 4. The van der Waals surface area contributed by atoms with Crippen LogP contribution in [0.2, 0.25) is 0 Å². The Morgan fingerprint density at radius 1 is 1.05 bits per heavy atom. The number of nitrogens with two attached hydrogens (primary N) is 1. The molecule has 1 fully saturated rings. The molecular formula is C32H61N5O7. The van der Waals surface area contributed by atoms with Gasteiger partial charge in [-0.05, 0) is 80.6 Å². The van der Waals surface area contributed by atoms with Gasteiger partial charge in [-0.2, -0.15) is 0 Å². The van der Waals surface area contributed by atoms with Crippen molar-refractivity contribution in [2.75, 3.05) is 33.7 Å². The molecule has 0 saturated carbocycles. The van der Waals surface area contributed by atoms with E-state index in [1.54, 1.807) is 46.6 Å². The third kappa shape index (κ3) is 17.6. The maximum atomic E-state index is 12.2. The number of Topliss-reactive ketones (excluding diaryl/α,β-unsaturated/α-hetero) is 3. The van der Waals surface area contributed by atoms with Crippen LogP contribution in [0.4, 0.5) is 0 Å². The number of aliphatic carboxylic acids is 1. The number of carboxylic acid groups (broad SMARTS) is 1. The van der Waals surface area contributed by atoms with Crippen LogP contribution in [0.1, 0.15) is 100 Å². The Bertz CT molecular complexity index is 927. The zero-order chi connectivity index (χ0) is 33.3. The molecular weight excluding hydrogens is 566 g/mol. The van der Waals surface area contributed by atoms with Crippen molar-refractivity contribution in [3.63, 3.8) is 0 Å². The average molecular weight is 628 g/mol. The number of nitrogens with one attached hydrogen (secondary N) is 2. The molecule has 2 amide bonds. The van der Waals surface area contributed by atoms with Crippen molar-refractivity contribution < 1.29 is 33.9 Å². The van der Waals surface area contributed by atoms with Crippen molar-refractivity contribution in [1.29, 1.82) is 0 Å². The van der Waals surface area contributed by atoms with Gasteiger partial charge in [0.15, 0.2) is 5.78 Å². The van der Waals surface area contributed by atoms with Crippen molar-refractivity contribution in [2.24, 2.45) is 17.6 Å². The van der Waals surface area contributed by atoms with Crippen molar-refractivity contribution in [3.8, 4) is 0 Å². The van der Waals surface area contributed by atoms with E-state index in [1.165, 1.54) is 0 Å². The number of rotatable bonds is 11. The summed E-state index contributed by atoms with van der Waals surface area (Å²) in [5.74, 6) is -1.95. The van der Waals surface area contributed by atoms with Crippen LogP contribution >= 0.6 is 0 Å². The number of amides is 2. The zero-order valence-electron chi connectivity index (χ0n) is 27.6. The van der Waals surface area contributed by atoms with Gasteiger partial charge in [0, 0.05) is 37.6 Å². The predicted octanol–water partition coefficient (Wildman–Crippen LogP) is 2.42. The summed E-state index contributed by atoms with van der Waals surface area (Å²) in [5, 5.41) is 14.4. The molecule has 5 N–H and O–H groups in total. The van der Waals surface area contributed by atoms with Crippen molar-refractivity contribution in [3.05, 3.63) is 0 Å². The summed E-state index contributed by atoms with van der Waals surface area (Å²) in [5.41, 5.74) is 5.47. The highest BCUT2D eigenvalue weighted by Gasteiger charge is 2.26. The molecule has 0 aromatic heterocycles. The van der Waals surface area contributed by atoms with Crippen LogP contribution in [0.25, 0.3) is 0 Å². The fourth-order valence-electron chi connectivity index (χ4n) is 4.33. The Morgan fingerprint density at radius 2 is 1.66 bits per heavy atom. The predicted molar refractivity (Wildman–Crippen MR) is 173 cm³/mol. The lowest BCUT2D eigenvalue weighted by Crippen LogP contribution is -2.43. The molecule has 6 unspecified atom stereocenters. The Balaban J connectivity index is 0. The highest BCUT2D eigenvalue weighted by molar-refractivity contribution is 5.92. The Morgan fingerprint density at radius 3 is 2.23 bits per heavy atom. The molecule has 12 heteroatoms. The van der Waals surface area contributed by atoms with Crippen molar-refractivity contribution >= 4 is 35.1 Å². The minimum atomic E-state index is -0.844. The lowest BCUT2D eigenvalue weighted by atomic mass is 9.98. The highest BCUT2D eigenvalue weighted by atomic mass is 16.4. The quantitative estimate of drug-likeness (QED) is 0.249. The van der Waals surface area contributed by atoms with Gasteiger partial charge in [0.05, 0.1) is 18.1 Å². The summed E-state index contributed by atoms with van der Waals surface area (Å²) in [4.78, 5) is 74.0. The van der Waals surface area contributed by atoms with E-state index in [4.69, 9.17) is 10.8 Å². The minimum absolute atomic E-state index is 0. The first kappa shape index (κ1) is 43.4. The molecule has 0 spiro atoms. The zero-order valence-corrected chi connectivity index (χ0v) is 27.6. The molecule has 256 valence electrons. The molecule has 0 bridgehead atoms. The van der Waals surface area contributed by atoms with Gasteiger partial charge in [-0.15, -0.1) is 0 Å². The summed E-state index contributed by atoms with van der Waals surface area (Å²) >= 11 is 0. The molecule has 1 heterocycles. The lowest BCUT2D eigenvalue weighted by Gasteiger charge is -2.25. The van der Waals surface area contributed by atoms with Crippen LogP contribution in [-0.2, 0) is 28.8 Å². The second-order valence-electron chi connectivity index (χ2n) is 12.1. The number of carbonyl (C=O) groups is 6. The van der Waals surface area contributed by atoms with E-state index in [-0.39, 0.29) is 61.4 Å². The maximum Gasteiger partial charge on any atom is 0.320 e. The van der Waals surface area contributed by atoms with E-state index in [0.29, 0.717) is 19.5 Å². The first-order valence-corrected chi connectivity index (χ1v) is 15.5. The molecule has 1 aliphatic heterocycles. The monoisotopic (exact) mass is 627 g/mol. The lowest BCUT2D eigenvalue weighted by molar-refractivity contribution is -0.142. The topological polar surface area (TPSA) is 179 Å². The van der Waals surface area contributed by atoms with E-state index in [9.17, 15) is 28.8 Å². The fraction of sp³-hybridized carbons (Fsp3) is 0.812. The van der Waals surface area contributed by atoms with Gasteiger partial charge in [0.25, 0.3) is 0 Å². The molecule has 0 aliphatic carbocycles. The second-order valence-corrected chi connectivity index (χ2v) is 12.1. The van der Waals surface area contributed by atoms with Crippen LogP contribution in [0.15, 0.2) is 0 Å². The van der Waals surface area contributed by atoms with Gasteiger partial charge < -0.3 is 21.5 Å². The molecule has 44 heavy (non-hydrogen) atoms. The van der Waals surface area contributed by atoms with Crippen LogP contribution < -0.4 is 16.4 Å². The van der Waals surface area contributed by atoms with E-state index >= 15 is 0 Å². The standard InChI is InChI=1S/C16H28N2O3.C15H29N3O4.CH4/c1-11-10-15(20)13(3)18(4)9-7-5-6-8-14(19)12(2)17-16(11)21;1-10(9-13(19)11(2)16)14(20)17-7-5-6-8-18(4)12(3)15(21)22;/h11-13H,5-10H2,1-4H3,(H,17,21);10-12H,5-9,16H2,1-4H3,(H,17,20)(H,21,22);1H4. The van der Waals surface area contributed by atoms with Gasteiger partial charge in [-0.3, -0.25) is 38.6 Å². The summed E-state index contributed by atoms with van der Waals surface area (Å²) < 4.78 is 0. The highest BCUT2D eigenvalue weighted by Crippen LogP contribution is 2.12. The smallest absolute Gasteiger partial charge is 0.320 e. The number of likely N-dealkylation sites (N-methyl/N-ethyl adjacent to an activating group) is 2. The molecule has 0 radical (unpaired) electrons. The Kier molecular flexibility index (Phi) is 22.5. The van der Waals surface area contributed by atoms with Crippen molar-refractivity contribution in [1.82, 2.24) is 20.4 Å². The fourth-order valence-corrected chi connectivity index (χ4v) is 4.33. The largest absolute Gasteiger partial charge is 0.480 e. The third-order valence-corrected chi connectivity index (χ3v) is 8.08. The summed E-state index contributed by atoms with van der Waals surface area (Å²) in [6.45, 7) is 12.3. The first-order valence-electron chi connectivity index (χ1n) is 15.5. The van der Waals surface area contributed by atoms with E-state index < -0.39 is 30.0 Å². The number of carbonyl (C=O) groups excluding carboxylic acids is 5. The van der Waals surface area contributed by atoms with Gasteiger partial charge in [0.2, 0.25) is 11.8 Å². The van der Waals surface area contributed by atoms with Crippen LogP contribution in [-0.4, -0.2) is 108 Å². The summed E-state index contributed by atoms with van der Waals surface area (Å²) in [7, 11) is 3.70. The van der Waals surface area contributed by atoms with Crippen molar-refractivity contribution in [2.45, 2.75) is 125 Å². The van der Waals surface area contributed by atoms with E-state index in [0.717, 1.165) is 38.6 Å². The molecule has 1 aliphatic rings.